The van der Waals surface area contributed by atoms with Gasteiger partial charge in [0, 0.05) is 19.2 Å². The van der Waals surface area contributed by atoms with Crippen LogP contribution in [0.3, 0.4) is 0 Å². The van der Waals surface area contributed by atoms with Crippen LogP contribution in [0.25, 0.3) is 0 Å². The van der Waals surface area contributed by atoms with E-state index in [4.69, 9.17) is 15.3 Å². The molecule has 0 radical (unpaired) electrons. The molecule has 1 fully saturated rings. The van der Waals surface area contributed by atoms with Gasteiger partial charge in [0.25, 0.3) is 0 Å². The first-order chi connectivity index (χ1) is 9.74. The molecule has 0 saturated carbocycles. The van der Waals surface area contributed by atoms with Gasteiger partial charge in [-0.25, -0.2) is 4.39 Å². The average Bonchev–Trinajstić information content (AvgIpc) is 2.49. The van der Waals surface area contributed by atoms with Crippen molar-refractivity contribution in [2.75, 3.05) is 36.6 Å². The summed E-state index contributed by atoms with van der Waals surface area (Å²) in [7, 11) is 0. The lowest BCUT2D eigenvalue weighted by molar-refractivity contribution is 0.122. The van der Waals surface area contributed by atoms with Gasteiger partial charge in [0.05, 0.1) is 24.6 Å². The number of nitrogens with zero attached hydrogens (tertiary/aromatic N) is 4. The van der Waals surface area contributed by atoms with Crippen molar-refractivity contribution in [3.05, 3.63) is 24.0 Å². The Bertz CT molecular complexity index is 580. The predicted molar refractivity (Wildman–Crippen MR) is 71.7 cm³/mol. The Labute approximate surface area is 115 Å². The van der Waals surface area contributed by atoms with Crippen molar-refractivity contribution in [3.63, 3.8) is 0 Å². The van der Waals surface area contributed by atoms with E-state index in [0.717, 1.165) is 0 Å². The van der Waals surface area contributed by atoms with E-state index in [1.54, 1.807) is 24.3 Å². The highest BCUT2D eigenvalue weighted by Crippen LogP contribution is 2.23. The molecule has 1 N–H and O–H groups in total. The second kappa shape index (κ2) is 6.50. The molecular formula is C13H12FN5O. The molecule has 20 heavy (non-hydrogen) atoms. The number of nitriles is 2. The molecule has 1 heterocycles. The maximum Gasteiger partial charge on any atom is 0.237 e. The molecule has 0 bridgehead atoms. The zero-order chi connectivity index (χ0) is 14.4. The Balaban J connectivity index is 2.12. The van der Waals surface area contributed by atoms with Crippen LogP contribution in [0.4, 0.5) is 15.8 Å². The number of hydrogen-bond donors (Lipinski definition) is 1. The van der Waals surface area contributed by atoms with Crippen molar-refractivity contribution in [1.82, 2.24) is 0 Å². The minimum atomic E-state index is -0.387. The number of hydrogen-bond acceptors (Lipinski definition) is 6. The summed E-state index contributed by atoms with van der Waals surface area (Å²) in [5, 5.41) is 20.6. The highest BCUT2D eigenvalue weighted by molar-refractivity contribution is 6.10. The number of anilines is 2. The van der Waals surface area contributed by atoms with Gasteiger partial charge in [-0.15, -0.1) is 0 Å². The van der Waals surface area contributed by atoms with Crippen molar-refractivity contribution in [1.29, 1.82) is 10.5 Å². The minimum Gasteiger partial charge on any atom is -0.378 e. The molecule has 2 rings (SSSR count). The SMILES string of the molecule is N#CC(C#N)=NNc1ccc(N2CCOCC2)c(F)c1. The van der Waals surface area contributed by atoms with Crippen LogP contribution in [0.15, 0.2) is 23.3 Å². The van der Waals surface area contributed by atoms with Gasteiger partial charge in [-0.3, -0.25) is 5.43 Å². The molecule has 6 nitrogen and oxygen atoms in total. The maximum atomic E-state index is 14.0. The lowest BCUT2D eigenvalue weighted by Crippen LogP contribution is -2.36. The molecule has 7 heteroatoms. The summed E-state index contributed by atoms with van der Waals surface area (Å²) in [6.45, 7) is 2.46. The summed E-state index contributed by atoms with van der Waals surface area (Å²) in [6.07, 6.45) is 0. The quantitative estimate of drug-likeness (QED) is 0.666. The van der Waals surface area contributed by atoms with Gasteiger partial charge in [-0.2, -0.15) is 15.6 Å². The Hall–Kier alpha value is -2.64. The Kier molecular flexibility index (Phi) is 4.48. The molecular weight excluding hydrogens is 261 g/mol. The van der Waals surface area contributed by atoms with Gasteiger partial charge < -0.3 is 9.64 Å². The van der Waals surface area contributed by atoms with Gasteiger partial charge in [-0.05, 0) is 12.1 Å². The molecule has 0 aromatic heterocycles. The molecule has 0 atom stereocenters. The number of ether oxygens (including phenoxy) is 1. The van der Waals surface area contributed by atoms with E-state index in [1.807, 2.05) is 4.90 Å². The first kappa shape index (κ1) is 13.8. The third-order valence-corrected chi connectivity index (χ3v) is 2.81. The third-order valence-electron chi connectivity index (χ3n) is 2.81. The highest BCUT2D eigenvalue weighted by atomic mass is 19.1. The standard InChI is InChI=1S/C13H12FN5O/c14-12-7-10(17-18-11(8-15)9-16)1-2-13(12)19-3-5-20-6-4-19/h1-2,7,17H,3-6H2. The highest BCUT2D eigenvalue weighted by Gasteiger charge is 2.15. The number of benzene rings is 1. The third kappa shape index (κ3) is 3.22. The Morgan fingerprint density at radius 2 is 2.00 bits per heavy atom. The minimum absolute atomic E-state index is 0.317. The predicted octanol–water partition coefficient (Wildman–Crippen LogP) is 1.48. The Morgan fingerprint density at radius 1 is 1.30 bits per heavy atom. The monoisotopic (exact) mass is 273 g/mol. The maximum absolute atomic E-state index is 14.0. The van der Waals surface area contributed by atoms with E-state index in [0.29, 0.717) is 37.7 Å². The van der Waals surface area contributed by atoms with Gasteiger partial charge >= 0.3 is 0 Å². The molecule has 0 aliphatic carbocycles. The van der Waals surface area contributed by atoms with E-state index in [1.165, 1.54) is 6.07 Å². The fourth-order valence-corrected chi connectivity index (χ4v) is 1.83. The number of morpholine rings is 1. The van der Waals surface area contributed by atoms with Gasteiger partial charge in [-0.1, -0.05) is 0 Å². The number of rotatable bonds is 3. The van der Waals surface area contributed by atoms with Crippen LogP contribution in [0.5, 0.6) is 0 Å². The molecule has 1 aromatic carbocycles. The summed E-state index contributed by atoms with van der Waals surface area (Å²) in [5.74, 6) is -0.387. The number of nitrogens with one attached hydrogen (secondary N) is 1. The van der Waals surface area contributed by atoms with Gasteiger partial charge in [0.1, 0.15) is 18.0 Å². The number of hydrazone groups is 1. The van der Waals surface area contributed by atoms with Crippen LogP contribution >= 0.6 is 0 Å². The topological polar surface area (TPSA) is 84.4 Å². The molecule has 0 amide bonds. The van der Waals surface area contributed by atoms with Crippen LogP contribution in [0.1, 0.15) is 0 Å². The van der Waals surface area contributed by atoms with Crippen LogP contribution < -0.4 is 10.3 Å². The van der Waals surface area contributed by atoms with Crippen LogP contribution in [-0.4, -0.2) is 32.0 Å². The largest absolute Gasteiger partial charge is 0.378 e. The second-order valence-electron chi connectivity index (χ2n) is 4.06. The first-order valence-electron chi connectivity index (χ1n) is 6.00. The van der Waals surface area contributed by atoms with Crippen molar-refractivity contribution in [3.8, 4) is 12.1 Å². The van der Waals surface area contributed by atoms with Crippen molar-refractivity contribution < 1.29 is 9.13 Å². The lowest BCUT2D eigenvalue weighted by Gasteiger charge is -2.29. The van der Waals surface area contributed by atoms with Crippen LogP contribution in [0, 0.1) is 28.5 Å². The van der Waals surface area contributed by atoms with Crippen molar-refractivity contribution in [2.45, 2.75) is 0 Å². The van der Waals surface area contributed by atoms with Gasteiger partial charge in [0.15, 0.2) is 0 Å². The average molecular weight is 273 g/mol. The van der Waals surface area contributed by atoms with Crippen molar-refractivity contribution in [2.24, 2.45) is 5.10 Å². The van der Waals surface area contributed by atoms with E-state index in [9.17, 15) is 4.39 Å². The second-order valence-corrected chi connectivity index (χ2v) is 4.06. The van der Waals surface area contributed by atoms with E-state index >= 15 is 0 Å². The molecule has 102 valence electrons. The normalized spacial score (nSPS) is 14.1. The molecule has 1 aliphatic rings. The summed E-state index contributed by atoms with van der Waals surface area (Å²) in [6, 6.07) is 7.78. The first-order valence-corrected chi connectivity index (χ1v) is 6.00. The molecule has 1 aromatic rings. The Morgan fingerprint density at radius 3 is 2.60 bits per heavy atom. The summed E-state index contributed by atoms with van der Waals surface area (Å²) in [5.41, 5.74) is 3.04. The molecule has 1 aliphatic heterocycles. The summed E-state index contributed by atoms with van der Waals surface area (Å²) < 4.78 is 19.2. The van der Waals surface area contributed by atoms with E-state index in [2.05, 4.69) is 10.5 Å². The number of halogens is 1. The van der Waals surface area contributed by atoms with E-state index in [-0.39, 0.29) is 11.5 Å². The zero-order valence-electron chi connectivity index (χ0n) is 10.6. The molecule has 0 spiro atoms. The zero-order valence-corrected chi connectivity index (χ0v) is 10.6. The lowest BCUT2D eigenvalue weighted by atomic mass is 10.2. The van der Waals surface area contributed by atoms with Crippen molar-refractivity contribution >= 4 is 17.1 Å². The molecule has 1 saturated heterocycles. The smallest absolute Gasteiger partial charge is 0.237 e. The van der Waals surface area contributed by atoms with Gasteiger partial charge in [0.2, 0.25) is 5.71 Å². The fourth-order valence-electron chi connectivity index (χ4n) is 1.83. The molecule has 0 unspecified atom stereocenters. The summed E-state index contributed by atoms with van der Waals surface area (Å²) >= 11 is 0. The fraction of sp³-hybridized carbons (Fsp3) is 0.308. The van der Waals surface area contributed by atoms with Crippen LogP contribution in [-0.2, 0) is 4.74 Å². The van der Waals surface area contributed by atoms with E-state index < -0.39 is 0 Å². The van der Waals surface area contributed by atoms with Crippen LogP contribution in [0.2, 0.25) is 0 Å². The summed E-state index contributed by atoms with van der Waals surface area (Å²) in [4.78, 5) is 1.90.